The summed E-state index contributed by atoms with van der Waals surface area (Å²) in [5.74, 6) is 1.21. The van der Waals surface area contributed by atoms with Crippen LogP contribution in [-0.2, 0) is 22.7 Å². The van der Waals surface area contributed by atoms with E-state index in [0.717, 1.165) is 11.1 Å². The first-order chi connectivity index (χ1) is 12.2. The SMILES string of the molecule is CCn1c(SCC(=O)OCc2cccc(C)c2)nnc1-c1ccco1. The van der Waals surface area contributed by atoms with Crippen LogP contribution in [0.4, 0.5) is 0 Å². The molecule has 0 fully saturated rings. The van der Waals surface area contributed by atoms with E-state index in [9.17, 15) is 4.79 Å². The van der Waals surface area contributed by atoms with Crippen LogP contribution < -0.4 is 0 Å². The van der Waals surface area contributed by atoms with Gasteiger partial charge >= 0.3 is 5.97 Å². The van der Waals surface area contributed by atoms with Crippen molar-refractivity contribution >= 4 is 17.7 Å². The van der Waals surface area contributed by atoms with Gasteiger partial charge in [-0.2, -0.15) is 0 Å². The Morgan fingerprint density at radius 3 is 2.88 bits per heavy atom. The molecular weight excluding hydrogens is 338 g/mol. The Morgan fingerprint density at radius 2 is 2.16 bits per heavy atom. The number of furan rings is 1. The zero-order valence-corrected chi connectivity index (χ0v) is 15.0. The summed E-state index contributed by atoms with van der Waals surface area (Å²) in [5, 5.41) is 8.98. The number of carbonyl (C=O) groups excluding carboxylic acids is 1. The summed E-state index contributed by atoms with van der Waals surface area (Å²) in [6.07, 6.45) is 1.60. The van der Waals surface area contributed by atoms with Crippen LogP contribution in [0.5, 0.6) is 0 Å². The summed E-state index contributed by atoms with van der Waals surface area (Å²) in [6, 6.07) is 11.5. The average molecular weight is 357 g/mol. The molecule has 0 atom stereocenters. The highest BCUT2D eigenvalue weighted by Gasteiger charge is 2.16. The third-order valence-corrected chi connectivity index (χ3v) is 4.52. The maximum atomic E-state index is 12.0. The minimum atomic E-state index is -0.281. The van der Waals surface area contributed by atoms with Crippen LogP contribution in [0, 0.1) is 6.92 Å². The Kier molecular flexibility index (Phi) is 5.55. The molecule has 0 aliphatic rings. The first-order valence-corrected chi connectivity index (χ1v) is 8.97. The van der Waals surface area contributed by atoms with Gasteiger partial charge in [0.2, 0.25) is 0 Å². The number of hydrogen-bond donors (Lipinski definition) is 0. The minimum absolute atomic E-state index is 0.183. The number of aryl methyl sites for hydroxylation is 1. The largest absolute Gasteiger partial charge is 0.461 e. The van der Waals surface area contributed by atoms with Gasteiger partial charge in [0, 0.05) is 6.54 Å². The van der Waals surface area contributed by atoms with E-state index in [-0.39, 0.29) is 18.3 Å². The van der Waals surface area contributed by atoms with Crippen molar-refractivity contribution in [2.75, 3.05) is 5.75 Å². The first kappa shape index (κ1) is 17.3. The van der Waals surface area contributed by atoms with E-state index in [1.54, 1.807) is 12.3 Å². The fraction of sp³-hybridized carbons (Fsp3) is 0.278. The lowest BCUT2D eigenvalue weighted by Crippen LogP contribution is -2.08. The summed E-state index contributed by atoms with van der Waals surface area (Å²) in [4.78, 5) is 12.0. The molecule has 0 radical (unpaired) electrons. The summed E-state index contributed by atoms with van der Waals surface area (Å²) in [7, 11) is 0. The number of aromatic nitrogens is 3. The molecule has 0 saturated heterocycles. The van der Waals surface area contributed by atoms with E-state index >= 15 is 0 Å². The van der Waals surface area contributed by atoms with Crippen molar-refractivity contribution in [3.63, 3.8) is 0 Å². The van der Waals surface area contributed by atoms with Crippen molar-refractivity contribution in [2.24, 2.45) is 0 Å². The zero-order chi connectivity index (χ0) is 17.6. The summed E-state index contributed by atoms with van der Waals surface area (Å²) < 4.78 is 12.6. The molecular formula is C18H19N3O3S. The van der Waals surface area contributed by atoms with Crippen molar-refractivity contribution in [1.82, 2.24) is 14.8 Å². The average Bonchev–Trinajstić information content (AvgIpc) is 3.27. The van der Waals surface area contributed by atoms with Crippen LogP contribution in [0.2, 0.25) is 0 Å². The van der Waals surface area contributed by atoms with Gasteiger partial charge in [0.1, 0.15) is 6.61 Å². The second kappa shape index (κ2) is 8.02. The second-order valence-electron chi connectivity index (χ2n) is 5.47. The molecule has 0 aliphatic carbocycles. The predicted octanol–water partition coefficient (Wildman–Crippen LogP) is 3.70. The van der Waals surface area contributed by atoms with Crippen LogP contribution in [0.25, 0.3) is 11.6 Å². The number of ether oxygens (including phenoxy) is 1. The van der Waals surface area contributed by atoms with Crippen molar-refractivity contribution in [3.05, 3.63) is 53.8 Å². The molecule has 0 amide bonds. The van der Waals surface area contributed by atoms with Gasteiger partial charge in [-0.3, -0.25) is 9.36 Å². The van der Waals surface area contributed by atoms with Crippen LogP contribution in [0.3, 0.4) is 0 Å². The second-order valence-corrected chi connectivity index (χ2v) is 6.41. The van der Waals surface area contributed by atoms with Gasteiger partial charge in [0.25, 0.3) is 0 Å². The molecule has 6 nitrogen and oxygen atoms in total. The number of esters is 1. The minimum Gasteiger partial charge on any atom is -0.461 e. The third-order valence-electron chi connectivity index (χ3n) is 3.58. The van der Waals surface area contributed by atoms with Gasteiger partial charge in [-0.05, 0) is 31.5 Å². The molecule has 2 heterocycles. The van der Waals surface area contributed by atoms with Crippen molar-refractivity contribution < 1.29 is 13.9 Å². The fourth-order valence-electron chi connectivity index (χ4n) is 2.40. The number of benzene rings is 1. The van der Waals surface area contributed by atoms with E-state index in [1.807, 2.05) is 48.7 Å². The topological polar surface area (TPSA) is 70.2 Å². The van der Waals surface area contributed by atoms with Gasteiger partial charge < -0.3 is 9.15 Å². The highest BCUT2D eigenvalue weighted by molar-refractivity contribution is 7.99. The summed E-state index contributed by atoms with van der Waals surface area (Å²) in [5.41, 5.74) is 2.12. The Bertz CT molecular complexity index is 843. The Morgan fingerprint density at radius 1 is 1.28 bits per heavy atom. The maximum Gasteiger partial charge on any atom is 0.316 e. The molecule has 0 aliphatic heterocycles. The number of nitrogens with zero attached hydrogens (tertiary/aromatic N) is 3. The maximum absolute atomic E-state index is 12.0. The molecule has 0 saturated carbocycles. The lowest BCUT2D eigenvalue weighted by atomic mass is 10.1. The normalized spacial score (nSPS) is 10.8. The zero-order valence-electron chi connectivity index (χ0n) is 14.1. The van der Waals surface area contributed by atoms with E-state index in [4.69, 9.17) is 9.15 Å². The summed E-state index contributed by atoms with van der Waals surface area (Å²) in [6.45, 7) is 4.97. The van der Waals surface area contributed by atoms with E-state index in [2.05, 4.69) is 10.2 Å². The predicted molar refractivity (Wildman–Crippen MR) is 95.1 cm³/mol. The summed E-state index contributed by atoms with van der Waals surface area (Å²) >= 11 is 1.31. The quantitative estimate of drug-likeness (QED) is 0.474. The lowest BCUT2D eigenvalue weighted by molar-refractivity contribution is -0.141. The van der Waals surface area contributed by atoms with Gasteiger partial charge in [-0.25, -0.2) is 0 Å². The first-order valence-electron chi connectivity index (χ1n) is 7.98. The van der Waals surface area contributed by atoms with Gasteiger partial charge in [-0.1, -0.05) is 41.6 Å². The lowest BCUT2D eigenvalue weighted by Gasteiger charge is -2.07. The highest BCUT2D eigenvalue weighted by Crippen LogP contribution is 2.24. The molecule has 2 aromatic heterocycles. The molecule has 130 valence electrons. The number of carbonyl (C=O) groups is 1. The van der Waals surface area contributed by atoms with Gasteiger partial charge in [-0.15, -0.1) is 10.2 Å². The molecule has 0 spiro atoms. The highest BCUT2D eigenvalue weighted by atomic mass is 32.2. The van der Waals surface area contributed by atoms with E-state index in [0.29, 0.717) is 23.3 Å². The standard InChI is InChI=1S/C18H19N3O3S/c1-3-21-17(15-8-5-9-23-15)19-20-18(21)25-12-16(22)24-11-14-7-4-6-13(2)10-14/h4-10H,3,11-12H2,1-2H3. The van der Waals surface area contributed by atoms with Gasteiger partial charge in [0.05, 0.1) is 12.0 Å². The van der Waals surface area contributed by atoms with E-state index < -0.39 is 0 Å². The molecule has 1 aromatic carbocycles. The van der Waals surface area contributed by atoms with Crippen molar-refractivity contribution in [1.29, 1.82) is 0 Å². The van der Waals surface area contributed by atoms with Crippen molar-refractivity contribution in [2.45, 2.75) is 32.2 Å². The van der Waals surface area contributed by atoms with Crippen molar-refractivity contribution in [3.8, 4) is 11.6 Å². The smallest absolute Gasteiger partial charge is 0.316 e. The van der Waals surface area contributed by atoms with Gasteiger partial charge in [0.15, 0.2) is 16.7 Å². The molecule has 7 heteroatoms. The molecule has 3 aromatic rings. The molecule has 25 heavy (non-hydrogen) atoms. The third kappa shape index (κ3) is 4.30. The van der Waals surface area contributed by atoms with Crippen LogP contribution in [0.15, 0.2) is 52.2 Å². The fourth-order valence-corrected chi connectivity index (χ4v) is 3.20. The Balaban J connectivity index is 1.57. The Hall–Kier alpha value is -2.54. The molecule has 3 rings (SSSR count). The number of rotatable bonds is 7. The molecule has 0 unspecified atom stereocenters. The monoisotopic (exact) mass is 357 g/mol. The van der Waals surface area contributed by atoms with Crippen LogP contribution in [-0.4, -0.2) is 26.5 Å². The van der Waals surface area contributed by atoms with Crippen LogP contribution in [0.1, 0.15) is 18.1 Å². The molecule has 0 bridgehead atoms. The van der Waals surface area contributed by atoms with Crippen LogP contribution >= 0.6 is 11.8 Å². The van der Waals surface area contributed by atoms with E-state index in [1.165, 1.54) is 11.8 Å². The number of hydrogen-bond acceptors (Lipinski definition) is 6. The number of thioether (sulfide) groups is 1. The molecule has 0 N–H and O–H groups in total. The Labute approximate surface area is 150 Å².